The monoisotopic (exact) mass is 365 g/mol. The van der Waals surface area contributed by atoms with E-state index in [0.717, 1.165) is 44.0 Å². The summed E-state index contributed by atoms with van der Waals surface area (Å²) >= 11 is 0. The second-order valence-corrected chi connectivity index (χ2v) is 6.90. The van der Waals surface area contributed by atoms with Crippen molar-refractivity contribution in [3.8, 4) is 0 Å². The first kappa shape index (κ1) is 17.8. The fourth-order valence-electron chi connectivity index (χ4n) is 3.67. The Morgan fingerprint density at radius 2 is 1.81 bits per heavy atom. The molecule has 1 unspecified atom stereocenters. The van der Waals surface area contributed by atoms with Crippen LogP contribution in [0.5, 0.6) is 0 Å². The average molecular weight is 365 g/mol. The molecule has 6 heteroatoms. The number of benzene rings is 2. The Balaban J connectivity index is 1.70. The van der Waals surface area contributed by atoms with Crippen molar-refractivity contribution in [2.75, 3.05) is 26.2 Å². The first-order chi connectivity index (χ1) is 13.3. The van der Waals surface area contributed by atoms with Gasteiger partial charge in [-0.1, -0.05) is 42.5 Å². The van der Waals surface area contributed by atoms with Gasteiger partial charge in [0.15, 0.2) is 5.82 Å². The van der Waals surface area contributed by atoms with Crippen LogP contribution in [0.3, 0.4) is 0 Å². The Bertz CT molecular complexity index is 839. The van der Waals surface area contributed by atoms with Crippen LogP contribution in [-0.4, -0.2) is 45.8 Å². The fraction of sp³-hybridized carbons (Fsp3) is 0.333. The van der Waals surface area contributed by atoms with E-state index in [0.29, 0.717) is 6.54 Å². The van der Waals surface area contributed by atoms with Crippen LogP contribution in [0.2, 0.25) is 0 Å². The van der Waals surface area contributed by atoms with Crippen molar-refractivity contribution in [1.29, 1.82) is 0 Å². The molecule has 140 valence electrons. The van der Waals surface area contributed by atoms with Gasteiger partial charge in [0.1, 0.15) is 12.1 Å². The lowest BCUT2D eigenvalue weighted by molar-refractivity contribution is 0.229. The number of hydrogen-bond donors (Lipinski definition) is 1. The fourth-order valence-corrected chi connectivity index (χ4v) is 3.67. The quantitative estimate of drug-likeness (QED) is 0.755. The molecule has 1 fully saturated rings. The molecular weight excluding hydrogens is 341 g/mol. The number of aromatic nitrogens is 3. The molecule has 3 aromatic rings. The van der Waals surface area contributed by atoms with Gasteiger partial charge in [-0.15, -0.1) is 10.2 Å². The van der Waals surface area contributed by atoms with Gasteiger partial charge in [0.05, 0.1) is 12.6 Å². The second-order valence-electron chi connectivity index (χ2n) is 6.90. The number of hydrogen-bond acceptors (Lipinski definition) is 4. The zero-order chi connectivity index (χ0) is 18.5. The van der Waals surface area contributed by atoms with Crippen LogP contribution in [0.1, 0.15) is 29.4 Å². The summed E-state index contributed by atoms with van der Waals surface area (Å²) in [6.07, 6.45) is 2.86. The van der Waals surface area contributed by atoms with Crippen molar-refractivity contribution in [3.63, 3.8) is 0 Å². The molecule has 4 rings (SSSR count). The Hall–Kier alpha value is -2.57. The summed E-state index contributed by atoms with van der Waals surface area (Å²) in [7, 11) is 0. The minimum Gasteiger partial charge on any atom is -0.315 e. The van der Waals surface area contributed by atoms with Crippen molar-refractivity contribution in [2.45, 2.75) is 19.0 Å². The molecule has 0 aliphatic carbocycles. The van der Waals surface area contributed by atoms with E-state index in [-0.39, 0.29) is 11.9 Å². The van der Waals surface area contributed by atoms with E-state index >= 15 is 0 Å². The largest absolute Gasteiger partial charge is 0.315 e. The molecule has 1 aliphatic rings. The highest BCUT2D eigenvalue weighted by Gasteiger charge is 2.27. The number of rotatable bonds is 5. The van der Waals surface area contributed by atoms with Crippen molar-refractivity contribution in [2.24, 2.45) is 0 Å². The number of nitrogens with zero attached hydrogens (tertiary/aromatic N) is 4. The average Bonchev–Trinajstić information content (AvgIpc) is 2.97. The first-order valence-electron chi connectivity index (χ1n) is 9.43. The van der Waals surface area contributed by atoms with E-state index in [1.807, 2.05) is 30.3 Å². The molecular formula is C21H24FN5. The first-order valence-corrected chi connectivity index (χ1v) is 9.43. The van der Waals surface area contributed by atoms with Gasteiger partial charge in [-0.05, 0) is 36.2 Å². The molecule has 0 amide bonds. The summed E-state index contributed by atoms with van der Waals surface area (Å²) in [6.45, 7) is 4.55. The predicted octanol–water partition coefficient (Wildman–Crippen LogP) is 2.85. The number of nitrogens with one attached hydrogen (secondary N) is 1. The van der Waals surface area contributed by atoms with E-state index in [1.165, 1.54) is 17.7 Å². The van der Waals surface area contributed by atoms with Crippen LogP contribution in [-0.2, 0) is 6.54 Å². The van der Waals surface area contributed by atoms with Gasteiger partial charge in [-0.2, -0.15) is 0 Å². The molecule has 0 bridgehead atoms. The van der Waals surface area contributed by atoms with E-state index in [2.05, 4.69) is 37.1 Å². The highest BCUT2D eigenvalue weighted by molar-refractivity contribution is 5.26. The predicted molar refractivity (Wildman–Crippen MR) is 103 cm³/mol. The lowest BCUT2D eigenvalue weighted by Gasteiger charge is -2.30. The highest BCUT2D eigenvalue weighted by atomic mass is 19.1. The SMILES string of the molecule is Fc1ccc(C(c2nncn2Cc2ccccc2)N2CCCNCC2)cc1. The van der Waals surface area contributed by atoms with Gasteiger partial charge < -0.3 is 9.88 Å². The Morgan fingerprint density at radius 1 is 1.00 bits per heavy atom. The molecule has 27 heavy (non-hydrogen) atoms. The highest BCUT2D eigenvalue weighted by Crippen LogP contribution is 2.28. The molecule has 2 heterocycles. The Kier molecular flexibility index (Phi) is 5.55. The third kappa shape index (κ3) is 4.23. The van der Waals surface area contributed by atoms with Crippen LogP contribution in [0, 0.1) is 5.82 Å². The minimum absolute atomic E-state index is 0.0447. The maximum Gasteiger partial charge on any atom is 0.155 e. The van der Waals surface area contributed by atoms with E-state index in [1.54, 1.807) is 6.33 Å². The van der Waals surface area contributed by atoms with Crippen molar-refractivity contribution >= 4 is 0 Å². The van der Waals surface area contributed by atoms with E-state index in [4.69, 9.17) is 0 Å². The summed E-state index contributed by atoms with van der Waals surface area (Å²) < 4.78 is 15.6. The van der Waals surface area contributed by atoms with Crippen molar-refractivity contribution in [1.82, 2.24) is 25.0 Å². The third-order valence-electron chi connectivity index (χ3n) is 5.01. The van der Waals surface area contributed by atoms with Crippen LogP contribution < -0.4 is 5.32 Å². The van der Waals surface area contributed by atoms with Crippen LogP contribution in [0.15, 0.2) is 60.9 Å². The zero-order valence-electron chi connectivity index (χ0n) is 15.3. The summed E-state index contributed by atoms with van der Waals surface area (Å²) in [6, 6.07) is 17.0. The Labute approximate surface area is 158 Å². The molecule has 0 spiro atoms. The van der Waals surface area contributed by atoms with Gasteiger partial charge in [0.2, 0.25) is 0 Å². The van der Waals surface area contributed by atoms with E-state index < -0.39 is 0 Å². The van der Waals surface area contributed by atoms with Gasteiger partial charge >= 0.3 is 0 Å². The molecule has 1 aliphatic heterocycles. The topological polar surface area (TPSA) is 46.0 Å². The molecule has 0 saturated carbocycles. The smallest absolute Gasteiger partial charge is 0.155 e. The summed E-state index contributed by atoms with van der Waals surface area (Å²) in [5.74, 6) is 0.674. The molecule has 1 atom stereocenters. The lowest BCUT2D eigenvalue weighted by Crippen LogP contribution is -2.34. The molecule has 1 aromatic heterocycles. The molecule has 5 nitrogen and oxygen atoms in total. The van der Waals surface area contributed by atoms with Crippen LogP contribution in [0.4, 0.5) is 4.39 Å². The molecule has 1 N–H and O–H groups in total. The van der Waals surface area contributed by atoms with Crippen LogP contribution >= 0.6 is 0 Å². The summed E-state index contributed by atoms with van der Waals surface area (Å²) in [4.78, 5) is 2.42. The van der Waals surface area contributed by atoms with Gasteiger partial charge in [0, 0.05) is 19.6 Å². The maximum absolute atomic E-state index is 13.5. The second kappa shape index (κ2) is 8.41. The maximum atomic E-state index is 13.5. The van der Waals surface area contributed by atoms with E-state index in [9.17, 15) is 4.39 Å². The minimum atomic E-state index is -0.221. The van der Waals surface area contributed by atoms with Crippen LogP contribution in [0.25, 0.3) is 0 Å². The molecule has 2 aromatic carbocycles. The standard InChI is InChI=1S/C21H24FN5/c22-19-9-7-18(8-10-19)20(26-13-4-11-23-12-14-26)21-25-24-16-27(21)15-17-5-2-1-3-6-17/h1-3,5-10,16,20,23H,4,11-15H2. The zero-order valence-corrected chi connectivity index (χ0v) is 15.3. The normalized spacial score (nSPS) is 16.8. The molecule has 0 radical (unpaired) electrons. The van der Waals surface area contributed by atoms with Gasteiger partial charge in [-0.25, -0.2) is 4.39 Å². The van der Waals surface area contributed by atoms with Crippen molar-refractivity contribution in [3.05, 3.63) is 83.7 Å². The third-order valence-corrected chi connectivity index (χ3v) is 5.01. The number of halogens is 1. The Morgan fingerprint density at radius 3 is 2.63 bits per heavy atom. The van der Waals surface area contributed by atoms with Gasteiger partial charge in [0.25, 0.3) is 0 Å². The summed E-state index contributed by atoms with van der Waals surface area (Å²) in [5.41, 5.74) is 2.24. The van der Waals surface area contributed by atoms with Crippen molar-refractivity contribution < 1.29 is 4.39 Å². The van der Waals surface area contributed by atoms with Gasteiger partial charge in [-0.3, -0.25) is 4.90 Å². The summed E-state index contributed by atoms with van der Waals surface area (Å²) in [5, 5.41) is 12.1. The lowest BCUT2D eigenvalue weighted by atomic mass is 10.0. The molecule has 1 saturated heterocycles.